The highest BCUT2D eigenvalue weighted by Gasteiger charge is 2.77. The SMILES string of the molecule is CCC1CC2=CC(=O)CC[C@@H]2C2CC[C@@]3(CC)C(C12)C1C[C@@H]1[C@@]31C=CCO1. The van der Waals surface area contributed by atoms with Crippen LogP contribution in [0.25, 0.3) is 0 Å². The molecule has 0 amide bonds. The van der Waals surface area contributed by atoms with Gasteiger partial charge in [0.05, 0.1) is 12.2 Å². The Morgan fingerprint density at radius 1 is 1.22 bits per heavy atom. The average Bonchev–Trinajstić information content (AvgIpc) is 3.26. The Labute approximate surface area is 163 Å². The summed E-state index contributed by atoms with van der Waals surface area (Å²) in [6, 6.07) is 0. The third kappa shape index (κ3) is 1.94. The van der Waals surface area contributed by atoms with Crippen LogP contribution in [0.3, 0.4) is 0 Å². The van der Waals surface area contributed by atoms with Gasteiger partial charge >= 0.3 is 0 Å². The van der Waals surface area contributed by atoms with Crippen LogP contribution in [0.1, 0.15) is 65.2 Å². The van der Waals surface area contributed by atoms with Crippen molar-refractivity contribution in [3.8, 4) is 0 Å². The van der Waals surface area contributed by atoms with Crippen molar-refractivity contribution < 1.29 is 9.53 Å². The number of hydrogen-bond acceptors (Lipinski definition) is 2. The van der Waals surface area contributed by atoms with Crippen LogP contribution in [-0.4, -0.2) is 18.0 Å². The maximum Gasteiger partial charge on any atom is 0.155 e. The standard InChI is InChI=1S/C25H34O2/c1-3-15-12-16-13-17(26)6-7-18(16)19-8-10-24(4-2)23(22(15)19)20-14-21(20)25(24)9-5-11-27-25/h5,9,13,15,18-23H,3-4,6-8,10-12,14H2,1-2H3/t15?,18-,19?,20?,21-,22?,23?,24-,25-/m0/s1. The molecule has 5 unspecified atom stereocenters. The maximum atomic E-state index is 12.1. The van der Waals surface area contributed by atoms with Gasteiger partial charge in [-0.3, -0.25) is 4.79 Å². The van der Waals surface area contributed by atoms with Gasteiger partial charge in [-0.05, 0) is 86.0 Å². The van der Waals surface area contributed by atoms with Gasteiger partial charge < -0.3 is 4.74 Å². The fraction of sp³-hybridized carbons (Fsp3) is 0.800. The third-order valence-electron chi connectivity index (χ3n) is 10.1. The Hall–Kier alpha value is -0.890. The van der Waals surface area contributed by atoms with Crippen LogP contribution >= 0.6 is 0 Å². The molecule has 146 valence electrons. The normalized spacial score (nSPS) is 55.0. The molecule has 6 aliphatic rings. The summed E-state index contributed by atoms with van der Waals surface area (Å²) < 4.78 is 6.62. The van der Waals surface area contributed by atoms with E-state index in [2.05, 4.69) is 32.1 Å². The van der Waals surface area contributed by atoms with Crippen molar-refractivity contribution in [1.82, 2.24) is 0 Å². The highest BCUT2D eigenvalue weighted by atomic mass is 16.5. The fourth-order valence-electron chi connectivity index (χ4n) is 9.27. The van der Waals surface area contributed by atoms with Gasteiger partial charge in [0, 0.05) is 11.8 Å². The second-order valence-electron chi connectivity index (χ2n) is 10.5. The largest absolute Gasteiger partial charge is 0.366 e. The van der Waals surface area contributed by atoms with E-state index in [-0.39, 0.29) is 5.60 Å². The van der Waals surface area contributed by atoms with Crippen molar-refractivity contribution in [2.45, 2.75) is 70.8 Å². The smallest absolute Gasteiger partial charge is 0.155 e. The number of fused-ring (bicyclic) bond motifs is 9. The lowest BCUT2D eigenvalue weighted by Crippen LogP contribution is -2.57. The van der Waals surface area contributed by atoms with Gasteiger partial charge in [0.1, 0.15) is 0 Å². The molecule has 1 aliphatic heterocycles. The highest BCUT2D eigenvalue weighted by Crippen LogP contribution is 2.79. The Bertz CT molecular complexity index is 735. The Kier molecular flexibility index (Phi) is 3.52. The lowest BCUT2D eigenvalue weighted by molar-refractivity contribution is -0.152. The summed E-state index contributed by atoms with van der Waals surface area (Å²) >= 11 is 0. The van der Waals surface area contributed by atoms with Gasteiger partial charge in [-0.25, -0.2) is 0 Å². The first-order valence-electron chi connectivity index (χ1n) is 11.7. The molecule has 2 nitrogen and oxygen atoms in total. The molecule has 6 rings (SSSR count). The topological polar surface area (TPSA) is 26.3 Å². The molecule has 4 fully saturated rings. The molecule has 1 heterocycles. The molecule has 9 atom stereocenters. The van der Waals surface area contributed by atoms with Gasteiger partial charge in [-0.2, -0.15) is 0 Å². The number of ketones is 1. The average molecular weight is 367 g/mol. The molecule has 0 aromatic rings. The molecule has 0 N–H and O–H groups in total. The van der Waals surface area contributed by atoms with Crippen molar-refractivity contribution in [2.75, 3.05) is 6.61 Å². The molecule has 0 radical (unpaired) electrons. The molecular formula is C25H34O2. The molecule has 0 saturated heterocycles. The summed E-state index contributed by atoms with van der Waals surface area (Å²) in [6.45, 7) is 5.68. The number of ether oxygens (including phenoxy) is 1. The first-order chi connectivity index (χ1) is 13.1. The zero-order valence-electron chi connectivity index (χ0n) is 17.0. The predicted octanol–water partition coefficient (Wildman–Crippen LogP) is 5.34. The van der Waals surface area contributed by atoms with Gasteiger partial charge in [-0.15, -0.1) is 0 Å². The molecule has 5 aliphatic carbocycles. The summed E-state index contributed by atoms with van der Waals surface area (Å²) in [5.41, 5.74) is 1.98. The monoisotopic (exact) mass is 366 g/mol. The summed E-state index contributed by atoms with van der Waals surface area (Å²) in [4.78, 5) is 12.1. The van der Waals surface area contributed by atoms with Gasteiger partial charge in [-0.1, -0.05) is 38.0 Å². The minimum atomic E-state index is 0.0684. The second kappa shape index (κ2) is 5.59. The van der Waals surface area contributed by atoms with Crippen molar-refractivity contribution >= 4 is 5.78 Å². The number of carbonyl (C=O) groups excluding carboxylic acids is 1. The van der Waals surface area contributed by atoms with E-state index in [1.165, 1.54) is 44.1 Å². The van der Waals surface area contributed by atoms with Crippen LogP contribution in [0, 0.1) is 46.8 Å². The second-order valence-corrected chi connectivity index (χ2v) is 10.5. The van der Waals surface area contributed by atoms with Crippen LogP contribution in [0.4, 0.5) is 0 Å². The lowest BCUT2D eigenvalue weighted by Gasteiger charge is -2.60. The van der Waals surface area contributed by atoms with Crippen LogP contribution < -0.4 is 0 Å². The highest BCUT2D eigenvalue weighted by molar-refractivity contribution is 5.91. The summed E-state index contributed by atoms with van der Waals surface area (Å²) in [6.07, 6.45) is 16.7. The number of rotatable bonds is 2. The van der Waals surface area contributed by atoms with E-state index < -0.39 is 0 Å². The fourth-order valence-corrected chi connectivity index (χ4v) is 9.27. The minimum Gasteiger partial charge on any atom is -0.366 e. The van der Waals surface area contributed by atoms with Crippen LogP contribution in [0.15, 0.2) is 23.8 Å². The Balaban J connectivity index is 1.44. The third-order valence-corrected chi connectivity index (χ3v) is 10.1. The van der Waals surface area contributed by atoms with Crippen LogP contribution in [-0.2, 0) is 9.53 Å². The van der Waals surface area contributed by atoms with E-state index >= 15 is 0 Å². The van der Waals surface area contributed by atoms with E-state index in [0.717, 1.165) is 55.0 Å². The maximum absolute atomic E-state index is 12.1. The van der Waals surface area contributed by atoms with Gasteiger partial charge in [0.15, 0.2) is 5.78 Å². The van der Waals surface area contributed by atoms with E-state index in [1.807, 2.05) is 0 Å². The van der Waals surface area contributed by atoms with E-state index in [4.69, 9.17) is 4.74 Å². The Morgan fingerprint density at radius 2 is 2.11 bits per heavy atom. The summed E-state index contributed by atoms with van der Waals surface area (Å²) in [7, 11) is 0. The number of carbonyl (C=O) groups is 1. The zero-order chi connectivity index (χ0) is 18.4. The van der Waals surface area contributed by atoms with E-state index in [1.54, 1.807) is 0 Å². The molecule has 4 saturated carbocycles. The summed E-state index contributed by atoms with van der Waals surface area (Å²) in [5.74, 6) is 6.13. The quantitative estimate of drug-likeness (QED) is 0.617. The molecule has 0 aromatic heterocycles. The first-order valence-corrected chi connectivity index (χ1v) is 11.7. The number of hydrogen-bond donors (Lipinski definition) is 0. The van der Waals surface area contributed by atoms with Crippen LogP contribution in [0.2, 0.25) is 0 Å². The van der Waals surface area contributed by atoms with Crippen molar-refractivity contribution in [3.63, 3.8) is 0 Å². The molecule has 1 spiro atoms. The molecule has 0 aromatic carbocycles. The van der Waals surface area contributed by atoms with Gasteiger partial charge in [0.25, 0.3) is 0 Å². The lowest BCUT2D eigenvalue weighted by atomic mass is 9.45. The molecule has 2 heteroatoms. The Morgan fingerprint density at radius 3 is 2.85 bits per heavy atom. The van der Waals surface area contributed by atoms with Crippen molar-refractivity contribution in [1.29, 1.82) is 0 Å². The van der Waals surface area contributed by atoms with Gasteiger partial charge in [0.2, 0.25) is 0 Å². The molecular weight excluding hydrogens is 332 g/mol. The van der Waals surface area contributed by atoms with Crippen molar-refractivity contribution in [2.24, 2.45) is 46.8 Å². The minimum absolute atomic E-state index is 0.0684. The number of allylic oxidation sites excluding steroid dienone is 1. The first kappa shape index (κ1) is 17.0. The van der Waals surface area contributed by atoms with Crippen LogP contribution in [0.5, 0.6) is 0 Å². The van der Waals surface area contributed by atoms with E-state index in [9.17, 15) is 4.79 Å². The molecule has 0 bridgehead atoms. The predicted molar refractivity (Wildman–Crippen MR) is 106 cm³/mol. The summed E-state index contributed by atoms with van der Waals surface area (Å²) in [5, 5.41) is 0. The van der Waals surface area contributed by atoms with Crippen molar-refractivity contribution in [3.05, 3.63) is 23.8 Å². The zero-order valence-corrected chi connectivity index (χ0v) is 17.0. The molecule has 27 heavy (non-hydrogen) atoms. The van der Waals surface area contributed by atoms with E-state index in [0.29, 0.717) is 17.1 Å².